The molecule has 0 unspecified atom stereocenters. The number of hydrogen-bond donors (Lipinski definition) is 1. The Balaban J connectivity index is 2.45. The van der Waals surface area contributed by atoms with Gasteiger partial charge in [-0.2, -0.15) is 0 Å². The van der Waals surface area contributed by atoms with Gasteiger partial charge in [0.2, 0.25) is 5.95 Å². The normalized spacial score (nSPS) is 10.4. The lowest BCUT2D eigenvalue weighted by Gasteiger charge is -2.05. The molecule has 5 heteroatoms. The molecular weight excluding hydrogens is 286 g/mol. The molecule has 0 spiro atoms. The van der Waals surface area contributed by atoms with Crippen molar-refractivity contribution in [2.45, 2.75) is 13.8 Å². The zero-order chi connectivity index (χ0) is 11.5. The van der Waals surface area contributed by atoms with Crippen LogP contribution < -0.4 is 5.32 Å². The van der Waals surface area contributed by atoms with E-state index in [0.717, 1.165) is 27.3 Å². The second-order valence-electron chi connectivity index (χ2n) is 3.35. The molecule has 0 aliphatic heterocycles. The Labute approximate surface area is 107 Å². The number of aryl methyl sites for hydroxylation is 1. The highest BCUT2D eigenvalue weighted by molar-refractivity contribution is 9.10. The van der Waals surface area contributed by atoms with Crippen molar-refractivity contribution < 1.29 is 0 Å². The van der Waals surface area contributed by atoms with Gasteiger partial charge in [0.15, 0.2) is 0 Å². The molecule has 2 aromatic rings. The lowest BCUT2D eigenvalue weighted by molar-refractivity contribution is 1.06. The summed E-state index contributed by atoms with van der Waals surface area (Å²) in [6.07, 6.45) is 0. The molecule has 0 aliphatic rings. The van der Waals surface area contributed by atoms with Crippen molar-refractivity contribution in [2.75, 3.05) is 11.9 Å². The summed E-state index contributed by atoms with van der Waals surface area (Å²) in [4.78, 5) is 9.96. The first-order chi connectivity index (χ1) is 7.70. The summed E-state index contributed by atoms with van der Waals surface area (Å²) in [6.45, 7) is 4.84. The fraction of sp³-hybridized carbons (Fsp3) is 0.273. The Bertz CT molecular complexity index is 496. The minimum atomic E-state index is 0.692. The van der Waals surface area contributed by atoms with Crippen molar-refractivity contribution >= 4 is 33.2 Å². The van der Waals surface area contributed by atoms with Crippen LogP contribution in [0.5, 0.6) is 0 Å². The topological polar surface area (TPSA) is 37.8 Å². The van der Waals surface area contributed by atoms with Gasteiger partial charge < -0.3 is 5.32 Å². The van der Waals surface area contributed by atoms with Gasteiger partial charge in [-0.15, -0.1) is 11.3 Å². The monoisotopic (exact) mass is 297 g/mol. The molecule has 2 heterocycles. The van der Waals surface area contributed by atoms with Crippen molar-refractivity contribution in [3.05, 3.63) is 27.7 Å². The average molecular weight is 298 g/mol. The lowest BCUT2D eigenvalue weighted by Crippen LogP contribution is -2.03. The highest BCUT2D eigenvalue weighted by Crippen LogP contribution is 2.32. The average Bonchev–Trinajstić information content (AvgIpc) is 2.64. The van der Waals surface area contributed by atoms with Crippen molar-refractivity contribution in [3.63, 3.8) is 0 Å². The Morgan fingerprint density at radius 1 is 1.44 bits per heavy atom. The van der Waals surface area contributed by atoms with Gasteiger partial charge >= 0.3 is 0 Å². The van der Waals surface area contributed by atoms with E-state index in [9.17, 15) is 0 Å². The van der Waals surface area contributed by atoms with E-state index in [1.54, 1.807) is 11.3 Å². The maximum atomic E-state index is 4.48. The summed E-state index contributed by atoms with van der Waals surface area (Å²) < 4.78 is 1.08. The van der Waals surface area contributed by atoms with Crippen LogP contribution in [0, 0.1) is 6.92 Å². The molecule has 16 heavy (non-hydrogen) atoms. The number of anilines is 1. The smallest absolute Gasteiger partial charge is 0.223 e. The zero-order valence-corrected chi connectivity index (χ0v) is 11.5. The lowest BCUT2D eigenvalue weighted by atomic mass is 10.3. The van der Waals surface area contributed by atoms with E-state index in [2.05, 4.69) is 31.2 Å². The maximum Gasteiger partial charge on any atom is 0.223 e. The summed E-state index contributed by atoms with van der Waals surface area (Å²) in [7, 11) is 0. The van der Waals surface area contributed by atoms with E-state index >= 15 is 0 Å². The largest absolute Gasteiger partial charge is 0.354 e. The molecule has 84 valence electrons. The number of thiophene rings is 1. The van der Waals surface area contributed by atoms with Gasteiger partial charge in [-0.3, -0.25) is 0 Å². The standard InChI is InChI=1S/C11H12BrN3S/c1-3-13-11-14-7(2)6-9(15-11)10-8(12)4-5-16-10/h4-6H,3H2,1-2H3,(H,13,14,15). The molecule has 0 radical (unpaired) electrons. The van der Waals surface area contributed by atoms with Crippen LogP contribution >= 0.6 is 27.3 Å². The van der Waals surface area contributed by atoms with E-state index in [4.69, 9.17) is 0 Å². The quantitative estimate of drug-likeness (QED) is 0.938. The SMILES string of the molecule is CCNc1nc(C)cc(-c2sccc2Br)n1. The van der Waals surface area contributed by atoms with Crippen LogP contribution in [0.15, 0.2) is 22.0 Å². The molecule has 3 nitrogen and oxygen atoms in total. The number of hydrogen-bond acceptors (Lipinski definition) is 4. The summed E-state index contributed by atoms with van der Waals surface area (Å²) in [5.74, 6) is 0.692. The fourth-order valence-corrected chi connectivity index (χ4v) is 2.94. The minimum Gasteiger partial charge on any atom is -0.354 e. The summed E-state index contributed by atoms with van der Waals surface area (Å²) in [5, 5.41) is 5.18. The highest BCUT2D eigenvalue weighted by atomic mass is 79.9. The van der Waals surface area contributed by atoms with Crippen LogP contribution in [0.4, 0.5) is 5.95 Å². The third-order valence-electron chi connectivity index (χ3n) is 2.04. The Hall–Kier alpha value is -0.940. The predicted molar refractivity (Wildman–Crippen MR) is 71.9 cm³/mol. The Morgan fingerprint density at radius 2 is 2.25 bits per heavy atom. The second-order valence-corrected chi connectivity index (χ2v) is 5.12. The maximum absolute atomic E-state index is 4.48. The van der Waals surface area contributed by atoms with E-state index < -0.39 is 0 Å². The third-order valence-corrected chi connectivity index (χ3v) is 3.90. The molecule has 1 N–H and O–H groups in total. The van der Waals surface area contributed by atoms with Crippen LogP contribution in [-0.4, -0.2) is 16.5 Å². The number of aromatic nitrogens is 2. The van der Waals surface area contributed by atoms with Gasteiger partial charge in [-0.05, 0) is 47.3 Å². The first-order valence-electron chi connectivity index (χ1n) is 5.03. The zero-order valence-electron chi connectivity index (χ0n) is 9.12. The fourth-order valence-electron chi connectivity index (χ4n) is 1.40. The number of rotatable bonds is 3. The molecule has 0 aliphatic carbocycles. The number of nitrogens with one attached hydrogen (secondary N) is 1. The molecule has 2 aromatic heterocycles. The number of halogens is 1. The van der Waals surface area contributed by atoms with Crippen LogP contribution in [0.25, 0.3) is 10.6 Å². The van der Waals surface area contributed by atoms with Gasteiger partial charge in [0.05, 0.1) is 10.6 Å². The van der Waals surface area contributed by atoms with Gasteiger partial charge in [0.1, 0.15) is 0 Å². The van der Waals surface area contributed by atoms with Gasteiger partial charge in [-0.1, -0.05) is 0 Å². The second kappa shape index (κ2) is 4.93. The van der Waals surface area contributed by atoms with Gasteiger partial charge in [-0.25, -0.2) is 9.97 Å². The number of nitrogens with zero attached hydrogens (tertiary/aromatic N) is 2. The molecule has 0 saturated heterocycles. The molecule has 0 aromatic carbocycles. The first-order valence-corrected chi connectivity index (χ1v) is 6.71. The van der Waals surface area contributed by atoms with Gasteiger partial charge in [0.25, 0.3) is 0 Å². The molecule has 0 saturated carbocycles. The van der Waals surface area contributed by atoms with Gasteiger partial charge in [0, 0.05) is 16.7 Å². The highest BCUT2D eigenvalue weighted by Gasteiger charge is 2.08. The van der Waals surface area contributed by atoms with Crippen LogP contribution in [0.2, 0.25) is 0 Å². The van der Waals surface area contributed by atoms with E-state index in [1.165, 1.54) is 0 Å². The van der Waals surface area contributed by atoms with E-state index in [1.807, 2.05) is 31.4 Å². The van der Waals surface area contributed by atoms with Crippen LogP contribution in [0.3, 0.4) is 0 Å². The third kappa shape index (κ3) is 2.41. The Kier molecular flexibility index (Phi) is 3.56. The molecular formula is C11H12BrN3S. The summed E-state index contributed by atoms with van der Waals surface area (Å²) >= 11 is 5.19. The van der Waals surface area contributed by atoms with Crippen molar-refractivity contribution in [1.82, 2.24) is 9.97 Å². The summed E-state index contributed by atoms with van der Waals surface area (Å²) in [5.41, 5.74) is 1.94. The summed E-state index contributed by atoms with van der Waals surface area (Å²) in [6, 6.07) is 4.03. The van der Waals surface area contributed by atoms with Crippen molar-refractivity contribution in [1.29, 1.82) is 0 Å². The molecule has 0 fully saturated rings. The molecule has 0 atom stereocenters. The molecule has 0 amide bonds. The van der Waals surface area contributed by atoms with Crippen molar-refractivity contribution in [3.8, 4) is 10.6 Å². The first kappa shape index (κ1) is 11.5. The predicted octanol–water partition coefficient (Wildman–Crippen LogP) is 3.71. The van der Waals surface area contributed by atoms with E-state index in [0.29, 0.717) is 5.95 Å². The van der Waals surface area contributed by atoms with E-state index in [-0.39, 0.29) is 0 Å². The molecule has 2 rings (SSSR count). The van der Waals surface area contributed by atoms with Crippen molar-refractivity contribution in [2.24, 2.45) is 0 Å². The minimum absolute atomic E-state index is 0.692. The van der Waals surface area contributed by atoms with Crippen LogP contribution in [0.1, 0.15) is 12.6 Å². The molecule has 0 bridgehead atoms. The Morgan fingerprint density at radius 3 is 2.88 bits per heavy atom. The van der Waals surface area contributed by atoms with Crippen LogP contribution in [-0.2, 0) is 0 Å².